The number of nitrogens with zero attached hydrogens (tertiary/aromatic N) is 4. The van der Waals surface area contributed by atoms with Gasteiger partial charge in [0.2, 0.25) is 0 Å². The van der Waals surface area contributed by atoms with Gasteiger partial charge in [0.05, 0.1) is 11.7 Å². The van der Waals surface area contributed by atoms with Gasteiger partial charge in [-0.05, 0) is 63.1 Å². The van der Waals surface area contributed by atoms with Crippen LogP contribution < -0.4 is 10.1 Å². The number of aryl methyl sites for hydroxylation is 3. The second kappa shape index (κ2) is 8.48. The smallest absolute Gasteiger partial charge is 0.272 e. The summed E-state index contributed by atoms with van der Waals surface area (Å²) in [5.74, 6) is 0.455. The molecule has 2 heterocycles. The molecule has 148 valence electrons. The third-order valence-electron chi connectivity index (χ3n) is 4.42. The van der Waals surface area contributed by atoms with Gasteiger partial charge in [-0.15, -0.1) is 0 Å². The van der Waals surface area contributed by atoms with Crippen LogP contribution in [0.15, 0.2) is 36.7 Å². The second-order valence-corrected chi connectivity index (χ2v) is 7.05. The van der Waals surface area contributed by atoms with Crippen molar-refractivity contribution >= 4 is 17.5 Å². The van der Waals surface area contributed by atoms with Crippen LogP contribution in [0.5, 0.6) is 5.75 Å². The Kier molecular flexibility index (Phi) is 6.04. The van der Waals surface area contributed by atoms with E-state index in [2.05, 4.69) is 15.5 Å². The van der Waals surface area contributed by atoms with Gasteiger partial charge in [-0.3, -0.25) is 9.48 Å². The highest BCUT2D eigenvalue weighted by atomic mass is 35.5. The summed E-state index contributed by atoms with van der Waals surface area (Å²) >= 11 is 6.18. The molecule has 0 bridgehead atoms. The number of hydrogen-bond acceptors (Lipinski definition) is 4. The summed E-state index contributed by atoms with van der Waals surface area (Å²) in [5, 5.41) is 12.3. The number of amides is 1. The number of rotatable bonds is 7. The minimum atomic E-state index is -0.254. The Labute approximate surface area is 169 Å². The Morgan fingerprint density at radius 2 is 1.86 bits per heavy atom. The van der Waals surface area contributed by atoms with Crippen molar-refractivity contribution in [2.75, 3.05) is 0 Å². The topological polar surface area (TPSA) is 74.0 Å². The number of carbonyl (C=O) groups is 1. The van der Waals surface area contributed by atoms with E-state index in [1.54, 1.807) is 16.9 Å². The Balaban J connectivity index is 1.59. The summed E-state index contributed by atoms with van der Waals surface area (Å²) in [4.78, 5) is 12.4. The number of benzene rings is 1. The van der Waals surface area contributed by atoms with E-state index in [1.807, 2.05) is 56.8 Å². The lowest BCUT2D eigenvalue weighted by atomic mass is 10.1. The van der Waals surface area contributed by atoms with Crippen LogP contribution in [0.4, 0.5) is 0 Å². The molecule has 1 aromatic carbocycles. The van der Waals surface area contributed by atoms with Crippen molar-refractivity contribution in [3.8, 4) is 5.75 Å². The van der Waals surface area contributed by atoms with Crippen LogP contribution in [0.3, 0.4) is 0 Å². The van der Waals surface area contributed by atoms with E-state index in [-0.39, 0.29) is 18.7 Å². The van der Waals surface area contributed by atoms with Crippen LogP contribution in [0.1, 0.15) is 47.2 Å². The summed E-state index contributed by atoms with van der Waals surface area (Å²) in [6.45, 7) is 8.77. The lowest BCUT2D eigenvalue weighted by Crippen LogP contribution is -2.27. The van der Waals surface area contributed by atoms with Gasteiger partial charge in [0.1, 0.15) is 11.4 Å². The van der Waals surface area contributed by atoms with E-state index in [4.69, 9.17) is 16.3 Å². The molecule has 7 nitrogen and oxygen atoms in total. The number of halogens is 1. The molecule has 3 aromatic rings. The van der Waals surface area contributed by atoms with E-state index in [0.29, 0.717) is 11.4 Å². The zero-order chi connectivity index (χ0) is 20.3. The first-order chi connectivity index (χ1) is 13.4. The van der Waals surface area contributed by atoms with Crippen molar-refractivity contribution in [1.29, 1.82) is 0 Å². The van der Waals surface area contributed by atoms with Gasteiger partial charge >= 0.3 is 0 Å². The predicted octanol–water partition coefficient (Wildman–Crippen LogP) is 3.90. The molecule has 1 unspecified atom stereocenters. The molecule has 1 amide bonds. The number of carbonyl (C=O) groups excluding carboxylic acids is 1. The maximum atomic E-state index is 12.4. The Morgan fingerprint density at radius 3 is 2.50 bits per heavy atom. The Hall–Kier alpha value is -2.80. The van der Waals surface area contributed by atoms with Crippen LogP contribution in [0.2, 0.25) is 5.02 Å². The van der Waals surface area contributed by atoms with E-state index in [1.165, 1.54) is 0 Å². The third-order valence-corrected chi connectivity index (χ3v) is 5.02. The highest BCUT2D eigenvalue weighted by molar-refractivity contribution is 6.32. The van der Waals surface area contributed by atoms with Crippen LogP contribution >= 0.6 is 11.6 Å². The van der Waals surface area contributed by atoms with Crippen LogP contribution in [0, 0.1) is 13.8 Å². The van der Waals surface area contributed by atoms with E-state index in [9.17, 15) is 4.79 Å². The van der Waals surface area contributed by atoms with Crippen molar-refractivity contribution < 1.29 is 9.53 Å². The fourth-order valence-electron chi connectivity index (χ4n) is 2.81. The third kappa shape index (κ3) is 4.54. The molecule has 0 aliphatic rings. The molecule has 0 spiro atoms. The highest BCUT2D eigenvalue weighted by Gasteiger charge is 2.16. The van der Waals surface area contributed by atoms with Crippen LogP contribution in [0.25, 0.3) is 0 Å². The van der Waals surface area contributed by atoms with Gasteiger partial charge in [0.15, 0.2) is 6.73 Å². The van der Waals surface area contributed by atoms with Crippen molar-refractivity contribution in [2.24, 2.45) is 0 Å². The minimum Gasteiger partial charge on any atom is -0.471 e. The Bertz CT molecular complexity index is 956. The fourth-order valence-corrected chi connectivity index (χ4v) is 2.92. The summed E-state index contributed by atoms with van der Waals surface area (Å²) in [5.41, 5.74) is 3.05. The lowest BCUT2D eigenvalue weighted by molar-refractivity contribution is 0.0932. The molecule has 0 saturated carbocycles. The minimum absolute atomic E-state index is 0.199. The normalized spacial score (nSPS) is 12.0. The monoisotopic (exact) mass is 401 g/mol. The summed E-state index contributed by atoms with van der Waals surface area (Å²) < 4.78 is 9.16. The Morgan fingerprint density at radius 1 is 1.18 bits per heavy atom. The molecule has 28 heavy (non-hydrogen) atoms. The highest BCUT2D eigenvalue weighted by Crippen LogP contribution is 2.26. The van der Waals surface area contributed by atoms with Gasteiger partial charge in [0, 0.05) is 24.0 Å². The maximum Gasteiger partial charge on any atom is 0.272 e. The zero-order valence-electron chi connectivity index (χ0n) is 16.4. The number of hydrogen-bond donors (Lipinski definition) is 1. The largest absolute Gasteiger partial charge is 0.471 e. The standard InChI is InChI=1S/C20H24ClN5O2/c1-5-25-8-6-17(23-25)15(4)22-20(27)18-7-9-26(24-18)12-28-16-10-13(2)19(21)14(3)11-16/h6-11,15H,5,12H2,1-4H3,(H,22,27). The quantitative estimate of drug-likeness (QED) is 0.651. The van der Waals surface area contributed by atoms with Crippen LogP contribution in [-0.2, 0) is 13.3 Å². The lowest BCUT2D eigenvalue weighted by Gasteiger charge is -2.11. The van der Waals surface area contributed by atoms with Crippen molar-refractivity contribution in [2.45, 2.75) is 47.0 Å². The molecule has 2 aromatic heterocycles. The van der Waals surface area contributed by atoms with E-state index in [0.717, 1.165) is 28.4 Å². The number of nitrogens with one attached hydrogen (secondary N) is 1. The predicted molar refractivity (Wildman–Crippen MR) is 108 cm³/mol. The molecule has 0 fully saturated rings. The fraction of sp³-hybridized carbons (Fsp3) is 0.350. The van der Waals surface area contributed by atoms with Crippen molar-refractivity contribution in [3.05, 3.63) is 64.2 Å². The molecule has 0 aliphatic carbocycles. The maximum absolute atomic E-state index is 12.4. The van der Waals surface area contributed by atoms with Gasteiger partial charge in [-0.2, -0.15) is 10.2 Å². The number of aromatic nitrogens is 4. The average molecular weight is 402 g/mol. The average Bonchev–Trinajstić information content (AvgIpc) is 3.33. The first kappa shape index (κ1) is 19.9. The summed E-state index contributed by atoms with van der Waals surface area (Å²) in [6.07, 6.45) is 3.60. The molecule has 8 heteroatoms. The first-order valence-electron chi connectivity index (χ1n) is 9.14. The van der Waals surface area contributed by atoms with Gasteiger partial charge in [0.25, 0.3) is 5.91 Å². The molecule has 1 N–H and O–H groups in total. The van der Waals surface area contributed by atoms with E-state index >= 15 is 0 Å². The SMILES string of the molecule is CCn1ccc(C(C)NC(=O)c2ccn(COc3cc(C)c(Cl)c(C)c3)n2)n1. The van der Waals surface area contributed by atoms with Gasteiger partial charge < -0.3 is 10.1 Å². The molecule has 0 radical (unpaired) electrons. The van der Waals surface area contributed by atoms with Crippen molar-refractivity contribution in [3.63, 3.8) is 0 Å². The molecule has 3 rings (SSSR count). The molecular weight excluding hydrogens is 378 g/mol. The van der Waals surface area contributed by atoms with Gasteiger partial charge in [-0.1, -0.05) is 11.6 Å². The van der Waals surface area contributed by atoms with Crippen LogP contribution in [-0.4, -0.2) is 25.5 Å². The molecule has 1 atom stereocenters. The first-order valence-corrected chi connectivity index (χ1v) is 9.52. The second-order valence-electron chi connectivity index (χ2n) is 6.68. The van der Waals surface area contributed by atoms with E-state index < -0.39 is 0 Å². The molecular formula is C20H24ClN5O2. The zero-order valence-corrected chi connectivity index (χ0v) is 17.2. The van der Waals surface area contributed by atoms with Crippen molar-refractivity contribution in [1.82, 2.24) is 24.9 Å². The summed E-state index contributed by atoms with van der Waals surface area (Å²) in [7, 11) is 0. The molecule has 0 saturated heterocycles. The van der Waals surface area contributed by atoms with Gasteiger partial charge in [-0.25, -0.2) is 4.68 Å². The summed E-state index contributed by atoms with van der Waals surface area (Å²) in [6, 6.07) is 7.11. The number of ether oxygens (including phenoxy) is 1. The molecule has 0 aliphatic heterocycles.